The first kappa shape index (κ1) is 11.5. The van der Waals surface area contributed by atoms with Gasteiger partial charge in [-0.1, -0.05) is 0 Å². The highest BCUT2D eigenvalue weighted by atomic mass is 16.3. The molecule has 1 fully saturated rings. The molecule has 0 saturated carbocycles. The van der Waals surface area contributed by atoms with Crippen LogP contribution < -0.4 is 5.32 Å². The minimum atomic E-state index is -0.314. The highest BCUT2D eigenvalue weighted by Gasteiger charge is 2.33. The van der Waals surface area contributed by atoms with Crippen molar-refractivity contribution in [3.8, 4) is 0 Å². The number of aliphatic hydroxyl groups excluding tert-OH is 1. The molecule has 0 aromatic heterocycles. The Morgan fingerprint density at radius 1 is 1.57 bits per heavy atom. The summed E-state index contributed by atoms with van der Waals surface area (Å²) in [5, 5.41) is 12.0. The van der Waals surface area contributed by atoms with Gasteiger partial charge >= 0.3 is 0 Å². The van der Waals surface area contributed by atoms with Crippen LogP contribution in [-0.2, 0) is 4.79 Å². The van der Waals surface area contributed by atoms with Gasteiger partial charge in [0.25, 0.3) is 0 Å². The molecule has 0 spiro atoms. The average molecular weight is 200 g/mol. The van der Waals surface area contributed by atoms with Gasteiger partial charge in [0.1, 0.15) is 0 Å². The summed E-state index contributed by atoms with van der Waals surface area (Å²) >= 11 is 0. The fourth-order valence-electron chi connectivity index (χ4n) is 1.70. The molecule has 1 aliphatic rings. The normalized spacial score (nSPS) is 22.2. The Morgan fingerprint density at radius 3 is 2.93 bits per heavy atom. The second-order valence-electron chi connectivity index (χ2n) is 4.43. The maximum Gasteiger partial charge on any atom is 0.229 e. The Morgan fingerprint density at radius 2 is 2.29 bits per heavy atom. The van der Waals surface area contributed by atoms with E-state index in [1.165, 1.54) is 0 Å². The number of carbonyl (C=O) groups excluding carboxylic acids is 1. The minimum absolute atomic E-state index is 0.150. The van der Waals surface area contributed by atoms with E-state index in [0.29, 0.717) is 13.0 Å². The van der Waals surface area contributed by atoms with Crippen molar-refractivity contribution >= 4 is 5.91 Å². The number of carbonyl (C=O) groups is 1. The van der Waals surface area contributed by atoms with Crippen molar-refractivity contribution in [1.29, 1.82) is 0 Å². The lowest BCUT2D eigenvalue weighted by atomic mass is 9.92. The van der Waals surface area contributed by atoms with Gasteiger partial charge in [0.05, 0.1) is 5.41 Å². The average Bonchev–Trinajstić information content (AvgIpc) is 2.26. The van der Waals surface area contributed by atoms with Crippen molar-refractivity contribution in [3.05, 3.63) is 0 Å². The Hall–Kier alpha value is -0.610. The van der Waals surface area contributed by atoms with Gasteiger partial charge in [-0.15, -0.1) is 0 Å². The molecule has 0 aliphatic carbocycles. The van der Waals surface area contributed by atoms with E-state index in [0.717, 1.165) is 19.6 Å². The second kappa shape index (κ2) is 4.75. The second-order valence-corrected chi connectivity index (χ2v) is 4.43. The molecule has 1 aliphatic heterocycles. The van der Waals surface area contributed by atoms with E-state index in [9.17, 15) is 4.79 Å². The monoisotopic (exact) mass is 200 g/mol. The summed E-state index contributed by atoms with van der Waals surface area (Å²) < 4.78 is 0. The zero-order chi connectivity index (χ0) is 10.6. The standard InChI is InChI=1S/C10H20N2O2/c1-10(2)8-11-4-6-12(9(10)14)5-3-7-13/h11,13H,3-8H2,1-2H3. The molecular weight excluding hydrogens is 180 g/mol. The summed E-state index contributed by atoms with van der Waals surface area (Å²) in [6.07, 6.45) is 0.668. The quantitative estimate of drug-likeness (QED) is 0.665. The molecule has 14 heavy (non-hydrogen) atoms. The zero-order valence-corrected chi connectivity index (χ0v) is 9.05. The van der Waals surface area contributed by atoms with Crippen LogP contribution >= 0.6 is 0 Å². The van der Waals surface area contributed by atoms with Crippen LogP contribution in [0.15, 0.2) is 0 Å². The smallest absolute Gasteiger partial charge is 0.229 e. The molecule has 1 heterocycles. The molecule has 0 atom stereocenters. The molecule has 2 N–H and O–H groups in total. The Kier molecular flexibility index (Phi) is 3.89. The van der Waals surface area contributed by atoms with Gasteiger partial charge in [-0.25, -0.2) is 0 Å². The predicted molar refractivity (Wildman–Crippen MR) is 54.9 cm³/mol. The van der Waals surface area contributed by atoms with Crippen LogP contribution in [0.3, 0.4) is 0 Å². The lowest BCUT2D eigenvalue weighted by molar-refractivity contribution is -0.139. The highest BCUT2D eigenvalue weighted by Crippen LogP contribution is 2.19. The number of amides is 1. The largest absolute Gasteiger partial charge is 0.396 e. The van der Waals surface area contributed by atoms with Crippen LogP contribution in [-0.4, -0.2) is 48.7 Å². The molecule has 1 rings (SSSR count). The molecular formula is C10H20N2O2. The summed E-state index contributed by atoms with van der Waals surface area (Å²) in [6.45, 7) is 7.07. The number of aliphatic hydroxyl groups is 1. The van der Waals surface area contributed by atoms with Gasteiger partial charge in [-0.05, 0) is 20.3 Å². The van der Waals surface area contributed by atoms with Gasteiger partial charge in [0.2, 0.25) is 5.91 Å². The molecule has 4 nitrogen and oxygen atoms in total. The van der Waals surface area contributed by atoms with E-state index in [1.54, 1.807) is 0 Å². The maximum absolute atomic E-state index is 12.0. The van der Waals surface area contributed by atoms with E-state index >= 15 is 0 Å². The Balaban J connectivity index is 2.59. The first-order valence-corrected chi connectivity index (χ1v) is 5.19. The van der Waals surface area contributed by atoms with E-state index < -0.39 is 0 Å². The molecule has 0 unspecified atom stereocenters. The van der Waals surface area contributed by atoms with E-state index in [2.05, 4.69) is 5.32 Å². The van der Waals surface area contributed by atoms with Crippen LogP contribution in [0.2, 0.25) is 0 Å². The molecule has 82 valence electrons. The Bertz CT molecular complexity index is 204. The van der Waals surface area contributed by atoms with Gasteiger partial charge in [-0.2, -0.15) is 0 Å². The third kappa shape index (κ3) is 2.69. The third-order valence-electron chi connectivity index (χ3n) is 2.58. The van der Waals surface area contributed by atoms with Crippen LogP contribution in [0.1, 0.15) is 20.3 Å². The SMILES string of the molecule is CC1(C)CNCCN(CCCO)C1=O. The fraction of sp³-hybridized carbons (Fsp3) is 0.900. The molecule has 1 saturated heterocycles. The number of nitrogens with zero attached hydrogens (tertiary/aromatic N) is 1. The van der Waals surface area contributed by atoms with Crippen LogP contribution in [0, 0.1) is 5.41 Å². The topological polar surface area (TPSA) is 52.6 Å². The van der Waals surface area contributed by atoms with Gasteiger partial charge in [-0.3, -0.25) is 4.79 Å². The zero-order valence-electron chi connectivity index (χ0n) is 9.05. The van der Waals surface area contributed by atoms with Crippen molar-refractivity contribution in [2.75, 3.05) is 32.8 Å². The molecule has 1 amide bonds. The molecule has 0 aromatic carbocycles. The Labute approximate surface area is 85.3 Å². The summed E-state index contributed by atoms with van der Waals surface area (Å²) in [6, 6.07) is 0. The number of nitrogens with one attached hydrogen (secondary N) is 1. The summed E-state index contributed by atoms with van der Waals surface area (Å²) in [5.41, 5.74) is -0.314. The summed E-state index contributed by atoms with van der Waals surface area (Å²) in [5.74, 6) is 0.191. The van der Waals surface area contributed by atoms with Crippen LogP contribution in [0.25, 0.3) is 0 Å². The third-order valence-corrected chi connectivity index (χ3v) is 2.58. The molecule has 0 bridgehead atoms. The number of hydrogen-bond donors (Lipinski definition) is 2. The molecule has 0 aromatic rings. The summed E-state index contributed by atoms with van der Waals surface area (Å²) in [7, 11) is 0. The van der Waals surface area contributed by atoms with Gasteiger partial charge in [0.15, 0.2) is 0 Å². The van der Waals surface area contributed by atoms with E-state index in [-0.39, 0.29) is 17.9 Å². The first-order chi connectivity index (χ1) is 6.58. The van der Waals surface area contributed by atoms with Crippen LogP contribution in [0.4, 0.5) is 0 Å². The minimum Gasteiger partial charge on any atom is -0.396 e. The lowest BCUT2D eigenvalue weighted by Crippen LogP contribution is -2.42. The van der Waals surface area contributed by atoms with Crippen molar-refractivity contribution in [2.45, 2.75) is 20.3 Å². The molecule has 4 heteroatoms. The first-order valence-electron chi connectivity index (χ1n) is 5.19. The highest BCUT2D eigenvalue weighted by molar-refractivity contribution is 5.82. The number of rotatable bonds is 3. The van der Waals surface area contributed by atoms with Crippen LogP contribution in [0.5, 0.6) is 0 Å². The van der Waals surface area contributed by atoms with Gasteiger partial charge < -0.3 is 15.3 Å². The van der Waals surface area contributed by atoms with Crippen molar-refractivity contribution in [3.63, 3.8) is 0 Å². The van der Waals surface area contributed by atoms with Gasteiger partial charge in [0, 0.05) is 32.8 Å². The van der Waals surface area contributed by atoms with E-state index in [4.69, 9.17) is 5.11 Å². The fourth-order valence-corrected chi connectivity index (χ4v) is 1.70. The van der Waals surface area contributed by atoms with Crippen molar-refractivity contribution in [1.82, 2.24) is 10.2 Å². The number of hydrogen-bond acceptors (Lipinski definition) is 3. The predicted octanol–water partition coefficient (Wildman–Crippen LogP) is -0.173. The lowest BCUT2D eigenvalue weighted by Gasteiger charge is -2.28. The summed E-state index contributed by atoms with van der Waals surface area (Å²) in [4.78, 5) is 13.8. The maximum atomic E-state index is 12.0. The van der Waals surface area contributed by atoms with Crippen molar-refractivity contribution in [2.24, 2.45) is 5.41 Å². The van der Waals surface area contributed by atoms with E-state index in [1.807, 2.05) is 18.7 Å². The molecule has 0 radical (unpaired) electrons. The van der Waals surface area contributed by atoms with Crippen molar-refractivity contribution < 1.29 is 9.90 Å².